The molecule has 2 rings (SSSR count). The smallest absolute Gasteiger partial charge is 0.146 e. The predicted molar refractivity (Wildman–Crippen MR) is 83.4 cm³/mol. The highest BCUT2D eigenvalue weighted by molar-refractivity contribution is 6.42. The number of hydrogen-bond acceptors (Lipinski definition) is 1. The van der Waals surface area contributed by atoms with Crippen LogP contribution in [0.15, 0.2) is 36.4 Å². The minimum absolute atomic E-state index is 0.111. The van der Waals surface area contributed by atoms with E-state index in [1.54, 1.807) is 25.2 Å². The van der Waals surface area contributed by atoms with E-state index in [1.165, 1.54) is 6.07 Å². The zero-order valence-corrected chi connectivity index (χ0v) is 13.0. The normalized spacial score (nSPS) is 12.4. The lowest BCUT2D eigenvalue weighted by Gasteiger charge is -2.19. The summed E-state index contributed by atoms with van der Waals surface area (Å²) in [6, 6.07) is 10.2. The number of likely N-dealkylation sites (N-methyl/N-ethyl adjacent to an activating group) is 1. The molecule has 5 heteroatoms. The molecule has 0 aliphatic carbocycles. The van der Waals surface area contributed by atoms with Gasteiger partial charge in [-0.05, 0) is 31.2 Å². The number of benzene rings is 2. The number of halogens is 4. The average molecular weight is 333 g/mol. The van der Waals surface area contributed by atoms with Crippen molar-refractivity contribution in [1.29, 1.82) is 0 Å². The Morgan fingerprint density at radius 2 is 1.70 bits per heavy atom. The van der Waals surface area contributed by atoms with Crippen molar-refractivity contribution in [3.63, 3.8) is 0 Å². The molecule has 2 aromatic carbocycles. The molecule has 0 radical (unpaired) electrons. The molecule has 0 heterocycles. The van der Waals surface area contributed by atoms with Crippen LogP contribution in [0.2, 0.25) is 15.1 Å². The molecule has 0 saturated carbocycles. The molecule has 0 spiro atoms. The van der Waals surface area contributed by atoms with Gasteiger partial charge in [0, 0.05) is 11.6 Å². The third-order valence-electron chi connectivity index (χ3n) is 3.16. The van der Waals surface area contributed by atoms with Gasteiger partial charge in [0.25, 0.3) is 0 Å². The molecule has 0 aromatic heterocycles. The summed E-state index contributed by atoms with van der Waals surface area (Å²) in [5.41, 5.74) is 1.37. The third-order valence-corrected chi connectivity index (χ3v) is 4.31. The first kappa shape index (κ1) is 15.6. The highest BCUT2D eigenvalue weighted by Crippen LogP contribution is 2.31. The Balaban J connectivity index is 2.34. The molecule has 0 amide bonds. The number of hydrogen-bond donors (Lipinski definition) is 1. The van der Waals surface area contributed by atoms with Crippen LogP contribution in [0.4, 0.5) is 4.39 Å². The minimum atomic E-state index is -0.410. The van der Waals surface area contributed by atoms with Crippen LogP contribution in [0, 0.1) is 5.82 Å². The van der Waals surface area contributed by atoms with E-state index in [-0.39, 0.29) is 11.1 Å². The molecular weight excluding hydrogens is 320 g/mol. The number of rotatable bonds is 4. The molecule has 0 bridgehead atoms. The van der Waals surface area contributed by atoms with Crippen molar-refractivity contribution in [1.82, 2.24) is 5.32 Å². The average Bonchev–Trinajstić information content (AvgIpc) is 2.44. The number of nitrogens with one attached hydrogen (secondary N) is 1. The Bertz CT molecular complexity index is 616. The quantitative estimate of drug-likeness (QED) is 0.802. The van der Waals surface area contributed by atoms with Gasteiger partial charge < -0.3 is 5.32 Å². The second-order valence-corrected chi connectivity index (χ2v) is 5.59. The van der Waals surface area contributed by atoms with Crippen molar-refractivity contribution in [2.24, 2.45) is 0 Å². The zero-order valence-electron chi connectivity index (χ0n) is 10.8. The van der Waals surface area contributed by atoms with Crippen molar-refractivity contribution in [2.45, 2.75) is 12.5 Å². The van der Waals surface area contributed by atoms with Crippen LogP contribution in [0.5, 0.6) is 0 Å². The lowest BCUT2D eigenvalue weighted by Crippen LogP contribution is -2.20. The SMILES string of the molecule is CNC(Cc1cccc(Cl)c1Cl)c1cccc(Cl)c1F. The Morgan fingerprint density at radius 3 is 2.40 bits per heavy atom. The Hall–Kier alpha value is -0.800. The second-order valence-electron chi connectivity index (χ2n) is 4.40. The Morgan fingerprint density at radius 1 is 1.05 bits per heavy atom. The maximum atomic E-state index is 14.1. The predicted octanol–water partition coefficient (Wildman–Crippen LogP) is 5.29. The van der Waals surface area contributed by atoms with Crippen LogP contribution < -0.4 is 5.32 Å². The highest BCUT2D eigenvalue weighted by atomic mass is 35.5. The first-order valence-electron chi connectivity index (χ1n) is 6.08. The molecule has 1 unspecified atom stereocenters. The van der Waals surface area contributed by atoms with Gasteiger partial charge >= 0.3 is 0 Å². The van der Waals surface area contributed by atoms with Crippen LogP contribution in [0.25, 0.3) is 0 Å². The van der Waals surface area contributed by atoms with Gasteiger partial charge in [0.15, 0.2) is 0 Å². The highest BCUT2D eigenvalue weighted by Gasteiger charge is 2.18. The summed E-state index contributed by atoms with van der Waals surface area (Å²) in [5, 5.41) is 4.18. The minimum Gasteiger partial charge on any atom is -0.313 e. The topological polar surface area (TPSA) is 12.0 Å². The molecule has 0 saturated heterocycles. The van der Waals surface area contributed by atoms with E-state index < -0.39 is 5.82 Å². The lowest BCUT2D eigenvalue weighted by molar-refractivity contribution is 0.534. The molecule has 20 heavy (non-hydrogen) atoms. The van der Waals surface area contributed by atoms with Gasteiger partial charge in [0.1, 0.15) is 5.82 Å². The van der Waals surface area contributed by atoms with E-state index in [0.29, 0.717) is 22.0 Å². The summed E-state index contributed by atoms with van der Waals surface area (Å²) < 4.78 is 14.1. The molecule has 1 N–H and O–H groups in total. The summed E-state index contributed by atoms with van der Waals surface area (Å²) in [6.45, 7) is 0. The van der Waals surface area contributed by atoms with Gasteiger partial charge in [-0.15, -0.1) is 0 Å². The van der Waals surface area contributed by atoms with Crippen LogP contribution in [-0.4, -0.2) is 7.05 Å². The van der Waals surface area contributed by atoms with E-state index in [4.69, 9.17) is 34.8 Å². The fourth-order valence-electron chi connectivity index (χ4n) is 2.08. The molecule has 2 aromatic rings. The molecule has 0 fully saturated rings. The van der Waals surface area contributed by atoms with E-state index in [0.717, 1.165) is 5.56 Å². The summed E-state index contributed by atoms with van der Waals surface area (Å²) in [4.78, 5) is 0. The third kappa shape index (κ3) is 3.26. The van der Waals surface area contributed by atoms with Gasteiger partial charge in [-0.25, -0.2) is 4.39 Å². The van der Waals surface area contributed by atoms with Gasteiger partial charge in [-0.1, -0.05) is 59.1 Å². The van der Waals surface area contributed by atoms with Crippen molar-refractivity contribution in [3.8, 4) is 0 Å². The standard InChI is InChI=1S/C15H13Cl3FN/c1-20-13(10-5-3-7-12(17)15(10)19)8-9-4-2-6-11(16)14(9)18/h2-7,13,20H,8H2,1H3. The van der Waals surface area contributed by atoms with Crippen LogP contribution in [0.3, 0.4) is 0 Å². The zero-order chi connectivity index (χ0) is 14.7. The van der Waals surface area contributed by atoms with Crippen LogP contribution >= 0.6 is 34.8 Å². The molecule has 1 nitrogen and oxygen atoms in total. The largest absolute Gasteiger partial charge is 0.313 e. The lowest BCUT2D eigenvalue weighted by atomic mass is 9.98. The van der Waals surface area contributed by atoms with Crippen LogP contribution in [0.1, 0.15) is 17.2 Å². The summed E-state index contributed by atoms with van der Waals surface area (Å²) in [6.07, 6.45) is 0.521. The van der Waals surface area contributed by atoms with E-state index in [1.807, 2.05) is 12.1 Å². The van der Waals surface area contributed by atoms with Gasteiger partial charge in [0.05, 0.1) is 15.1 Å². The van der Waals surface area contributed by atoms with Gasteiger partial charge in [-0.2, -0.15) is 0 Å². The monoisotopic (exact) mass is 331 g/mol. The second kappa shape index (κ2) is 6.77. The maximum absolute atomic E-state index is 14.1. The van der Waals surface area contributed by atoms with Crippen molar-refractivity contribution >= 4 is 34.8 Å². The molecule has 0 aliphatic rings. The molecule has 1 atom stereocenters. The molecular formula is C15H13Cl3FN. The van der Waals surface area contributed by atoms with Crippen molar-refractivity contribution in [2.75, 3.05) is 7.05 Å². The Kier molecular flexibility index (Phi) is 5.28. The molecule has 106 valence electrons. The van der Waals surface area contributed by atoms with Crippen LogP contribution in [-0.2, 0) is 6.42 Å². The van der Waals surface area contributed by atoms with Gasteiger partial charge in [-0.3, -0.25) is 0 Å². The fraction of sp³-hybridized carbons (Fsp3) is 0.200. The van der Waals surface area contributed by atoms with Crippen molar-refractivity contribution in [3.05, 3.63) is 68.4 Å². The first-order chi connectivity index (χ1) is 9.54. The fourth-order valence-corrected chi connectivity index (χ4v) is 2.66. The maximum Gasteiger partial charge on any atom is 0.146 e. The summed E-state index contributed by atoms with van der Waals surface area (Å²) >= 11 is 18.0. The summed E-state index contributed by atoms with van der Waals surface area (Å²) in [7, 11) is 1.77. The van der Waals surface area contributed by atoms with Gasteiger partial charge in [0.2, 0.25) is 0 Å². The first-order valence-corrected chi connectivity index (χ1v) is 7.22. The van der Waals surface area contributed by atoms with Crippen molar-refractivity contribution < 1.29 is 4.39 Å². The Labute approximate surface area is 132 Å². The van der Waals surface area contributed by atoms with E-state index in [2.05, 4.69) is 5.32 Å². The summed E-state index contributed by atoms with van der Waals surface area (Å²) in [5.74, 6) is -0.410. The van der Waals surface area contributed by atoms with E-state index in [9.17, 15) is 4.39 Å². The molecule has 0 aliphatic heterocycles. The van der Waals surface area contributed by atoms with E-state index >= 15 is 0 Å².